The van der Waals surface area contributed by atoms with Gasteiger partial charge in [-0.05, 0) is 36.6 Å². The van der Waals surface area contributed by atoms with E-state index in [0.717, 1.165) is 12.8 Å². The van der Waals surface area contributed by atoms with Crippen molar-refractivity contribution in [1.29, 1.82) is 0 Å². The molecule has 1 unspecified atom stereocenters. The van der Waals surface area contributed by atoms with E-state index in [-0.39, 0.29) is 5.92 Å². The first-order chi connectivity index (χ1) is 9.95. The van der Waals surface area contributed by atoms with Gasteiger partial charge in [0.1, 0.15) is 11.8 Å². The largest absolute Gasteiger partial charge is 0.494 e. The van der Waals surface area contributed by atoms with Crippen LogP contribution >= 0.6 is 0 Å². The molecule has 0 saturated carbocycles. The lowest BCUT2D eigenvalue weighted by atomic mass is 10.0. The van der Waals surface area contributed by atoms with Crippen LogP contribution in [-0.2, 0) is 4.79 Å². The smallest absolute Gasteiger partial charge is 0.326 e. The zero-order valence-corrected chi connectivity index (χ0v) is 12.8. The summed E-state index contributed by atoms with van der Waals surface area (Å²) in [6.45, 7) is 6.24. The van der Waals surface area contributed by atoms with Crippen LogP contribution in [-0.4, -0.2) is 29.6 Å². The van der Waals surface area contributed by atoms with Crippen LogP contribution in [0.15, 0.2) is 24.3 Å². The molecule has 5 heteroatoms. The summed E-state index contributed by atoms with van der Waals surface area (Å²) in [5.74, 6) is -0.893. The summed E-state index contributed by atoms with van der Waals surface area (Å²) < 4.78 is 5.51. The van der Waals surface area contributed by atoms with Crippen LogP contribution < -0.4 is 10.1 Å². The van der Waals surface area contributed by atoms with Gasteiger partial charge in [-0.1, -0.05) is 27.2 Å². The summed E-state index contributed by atoms with van der Waals surface area (Å²) in [6, 6.07) is 5.81. The summed E-state index contributed by atoms with van der Waals surface area (Å²) in [6.07, 6.45) is 2.04. The number of carboxylic acids is 1. The van der Waals surface area contributed by atoms with Crippen LogP contribution in [0.4, 0.5) is 0 Å². The number of nitrogens with one attached hydrogen (secondary N) is 1. The van der Waals surface area contributed by atoms with Crippen molar-refractivity contribution < 1.29 is 19.4 Å². The van der Waals surface area contributed by atoms with Crippen molar-refractivity contribution in [2.24, 2.45) is 5.92 Å². The maximum absolute atomic E-state index is 12.0. The van der Waals surface area contributed by atoms with Gasteiger partial charge in [0.15, 0.2) is 0 Å². The lowest BCUT2D eigenvalue weighted by Gasteiger charge is -2.18. The second kappa shape index (κ2) is 8.29. The Balaban J connectivity index is 2.64. The third kappa shape index (κ3) is 5.45. The molecule has 21 heavy (non-hydrogen) atoms. The molecule has 0 radical (unpaired) electrons. The van der Waals surface area contributed by atoms with E-state index in [1.165, 1.54) is 0 Å². The van der Waals surface area contributed by atoms with Gasteiger partial charge < -0.3 is 15.2 Å². The van der Waals surface area contributed by atoms with Gasteiger partial charge in [-0.3, -0.25) is 4.79 Å². The Bertz CT molecular complexity index is 468. The van der Waals surface area contributed by atoms with Crippen molar-refractivity contribution in [3.05, 3.63) is 29.8 Å². The second-order valence-corrected chi connectivity index (χ2v) is 5.26. The number of aliphatic carboxylic acids is 1. The number of carbonyl (C=O) groups excluding carboxylic acids is 1. The molecule has 1 rings (SSSR count). The number of hydrogen-bond donors (Lipinski definition) is 2. The topological polar surface area (TPSA) is 75.6 Å². The first-order valence-corrected chi connectivity index (χ1v) is 7.22. The number of rotatable bonds is 8. The molecule has 1 atom stereocenters. The summed E-state index contributed by atoms with van der Waals surface area (Å²) in [5.41, 5.74) is 0.421. The molecule has 2 N–H and O–H groups in total. The summed E-state index contributed by atoms with van der Waals surface area (Å²) in [7, 11) is 0. The van der Waals surface area contributed by atoms with Crippen molar-refractivity contribution in [1.82, 2.24) is 5.32 Å². The van der Waals surface area contributed by atoms with Crippen LogP contribution in [0, 0.1) is 5.92 Å². The molecular weight excluding hydrogens is 270 g/mol. The Morgan fingerprint density at radius 1 is 1.24 bits per heavy atom. The lowest BCUT2D eigenvalue weighted by molar-refractivity contribution is -0.140. The first-order valence-electron chi connectivity index (χ1n) is 7.22. The fourth-order valence-corrected chi connectivity index (χ4v) is 1.78. The minimum atomic E-state index is -1.03. The predicted octanol–water partition coefficient (Wildman–Crippen LogP) is 2.70. The third-order valence-electron chi connectivity index (χ3n) is 3.10. The number of amides is 1. The third-order valence-corrected chi connectivity index (χ3v) is 3.10. The Morgan fingerprint density at radius 2 is 1.86 bits per heavy atom. The quantitative estimate of drug-likeness (QED) is 0.723. The van der Waals surface area contributed by atoms with E-state index in [2.05, 4.69) is 12.2 Å². The monoisotopic (exact) mass is 293 g/mol. The van der Waals surface area contributed by atoms with E-state index < -0.39 is 17.9 Å². The number of ether oxygens (including phenoxy) is 1. The Kier molecular flexibility index (Phi) is 6.72. The molecule has 1 aromatic carbocycles. The molecule has 116 valence electrons. The number of unbranched alkanes of at least 4 members (excludes halogenated alkanes) is 1. The first kappa shape index (κ1) is 17.0. The molecule has 0 heterocycles. The highest BCUT2D eigenvalue weighted by Crippen LogP contribution is 2.13. The molecule has 0 bridgehead atoms. The number of benzene rings is 1. The van der Waals surface area contributed by atoms with E-state index >= 15 is 0 Å². The maximum Gasteiger partial charge on any atom is 0.326 e. The minimum absolute atomic E-state index is 0.178. The SMILES string of the molecule is CCCCOc1ccc(C(=O)NC(C(=O)O)C(C)C)cc1. The average molecular weight is 293 g/mol. The molecule has 0 aliphatic rings. The second-order valence-electron chi connectivity index (χ2n) is 5.26. The number of carbonyl (C=O) groups is 2. The van der Waals surface area contributed by atoms with Gasteiger partial charge in [-0.25, -0.2) is 4.79 Å². The molecule has 0 aromatic heterocycles. The van der Waals surface area contributed by atoms with Crippen molar-refractivity contribution >= 4 is 11.9 Å². The zero-order chi connectivity index (χ0) is 15.8. The van der Waals surface area contributed by atoms with Gasteiger partial charge in [-0.15, -0.1) is 0 Å². The maximum atomic E-state index is 12.0. The molecule has 0 spiro atoms. The molecule has 0 aliphatic carbocycles. The normalized spacial score (nSPS) is 12.0. The number of hydrogen-bond acceptors (Lipinski definition) is 3. The number of carboxylic acid groups (broad SMARTS) is 1. The summed E-state index contributed by atoms with van der Waals surface area (Å²) >= 11 is 0. The standard InChI is InChI=1S/C16H23NO4/c1-4-5-10-21-13-8-6-12(7-9-13)15(18)17-14(11(2)3)16(19)20/h6-9,11,14H,4-5,10H2,1-3H3,(H,17,18)(H,19,20). The van der Waals surface area contributed by atoms with Crippen LogP contribution in [0.3, 0.4) is 0 Å². The van der Waals surface area contributed by atoms with Gasteiger partial charge in [0.25, 0.3) is 5.91 Å². The molecule has 0 fully saturated rings. The van der Waals surface area contributed by atoms with Gasteiger partial charge >= 0.3 is 5.97 Å². The molecule has 1 aromatic rings. The van der Waals surface area contributed by atoms with E-state index in [1.54, 1.807) is 38.1 Å². The molecule has 0 saturated heterocycles. The predicted molar refractivity (Wildman–Crippen MR) is 80.6 cm³/mol. The van der Waals surface area contributed by atoms with E-state index in [0.29, 0.717) is 17.9 Å². The van der Waals surface area contributed by atoms with Gasteiger partial charge in [0.2, 0.25) is 0 Å². The average Bonchev–Trinajstić information content (AvgIpc) is 2.44. The van der Waals surface area contributed by atoms with Crippen molar-refractivity contribution in [3.8, 4) is 5.75 Å². The molecule has 1 amide bonds. The summed E-state index contributed by atoms with van der Waals surface area (Å²) in [4.78, 5) is 23.1. The highest BCUT2D eigenvalue weighted by molar-refractivity contribution is 5.96. The zero-order valence-electron chi connectivity index (χ0n) is 12.8. The van der Waals surface area contributed by atoms with Gasteiger partial charge in [-0.2, -0.15) is 0 Å². The molecule has 0 aliphatic heterocycles. The van der Waals surface area contributed by atoms with Gasteiger partial charge in [0, 0.05) is 5.56 Å². The molecule has 5 nitrogen and oxygen atoms in total. The van der Waals surface area contributed by atoms with Crippen molar-refractivity contribution in [3.63, 3.8) is 0 Å². The molecular formula is C16H23NO4. The Morgan fingerprint density at radius 3 is 2.33 bits per heavy atom. The van der Waals surface area contributed by atoms with E-state index in [1.807, 2.05) is 0 Å². The van der Waals surface area contributed by atoms with E-state index in [4.69, 9.17) is 9.84 Å². The Hall–Kier alpha value is -2.04. The fourth-order valence-electron chi connectivity index (χ4n) is 1.78. The van der Waals surface area contributed by atoms with Crippen LogP contribution in [0.1, 0.15) is 44.0 Å². The Labute approximate surface area is 125 Å². The van der Waals surface area contributed by atoms with Crippen LogP contribution in [0.25, 0.3) is 0 Å². The minimum Gasteiger partial charge on any atom is -0.494 e. The van der Waals surface area contributed by atoms with E-state index in [9.17, 15) is 9.59 Å². The fraction of sp³-hybridized carbons (Fsp3) is 0.500. The van der Waals surface area contributed by atoms with Gasteiger partial charge in [0.05, 0.1) is 6.61 Å². The van der Waals surface area contributed by atoms with Crippen LogP contribution in [0.2, 0.25) is 0 Å². The van der Waals surface area contributed by atoms with Crippen molar-refractivity contribution in [2.75, 3.05) is 6.61 Å². The van der Waals surface area contributed by atoms with Crippen molar-refractivity contribution in [2.45, 2.75) is 39.7 Å². The highest BCUT2D eigenvalue weighted by atomic mass is 16.5. The lowest BCUT2D eigenvalue weighted by Crippen LogP contribution is -2.44. The van der Waals surface area contributed by atoms with Crippen LogP contribution in [0.5, 0.6) is 5.75 Å². The highest BCUT2D eigenvalue weighted by Gasteiger charge is 2.23. The summed E-state index contributed by atoms with van der Waals surface area (Å²) in [5, 5.41) is 11.6.